The summed E-state index contributed by atoms with van der Waals surface area (Å²) in [4.78, 5) is 10.4. The van der Waals surface area contributed by atoms with Crippen LogP contribution in [0.3, 0.4) is 0 Å². The van der Waals surface area contributed by atoms with E-state index in [0.717, 1.165) is 6.07 Å². The van der Waals surface area contributed by atoms with Crippen LogP contribution in [0.2, 0.25) is 10.0 Å². The lowest BCUT2D eigenvalue weighted by Crippen LogP contribution is -2.10. The molecule has 1 aromatic rings. The van der Waals surface area contributed by atoms with Crippen molar-refractivity contribution < 1.29 is 20.1 Å². The second kappa shape index (κ2) is 4.04. The van der Waals surface area contributed by atoms with Crippen LogP contribution in [0.4, 0.5) is 0 Å². The van der Waals surface area contributed by atoms with Gasteiger partial charge in [0.15, 0.2) is 6.10 Å². The smallest absolute Gasteiger partial charge is 0.337 e. The Morgan fingerprint density at radius 1 is 1.36 bits per heavy atom. The van der Waals surface area contributed by atoms with Crippen molar-refractivity contribution in [1.82, 2.24) is 0 Å². The molecule has 3 N–H and O–H groups in total. The number of hydrogen-bond donors (Lipinski definition) is 3. The molecule has 0 amide bonds. The molecule has 4 nitrogen and oxygen atoms in total. The Hall–Kier alpha value is -0.970. The van der Waals surface area contributed by atoms with Crippen molar-refractivity contribution in [2.75, 3.05) is 0 Å². The van der Waals surface area contributed by atoms with Crippen LogP contribution in [-0.4, -0.2) is 21.3 Å². The Labute approximate surface area is 89.3 Å². The number of carboxylic acids is 1. The standard InChI is InChI=1S/C8H6Cl2O4/c9-3-1-4(7(12)8(13)14)6(11)5(10)2-3/h1-2,7,11-12H,(H,13,14). The summed E-state index contributed by atoms with van der Waals surface area (Å²) in [5.41, 5.74) is -0.227. The number of halogens is 2. The summed E-state index contributed by atoms with van der Waals surface area (Å²) in [5, 5.41) is 27.0. The van der Waals surface area contributed by atoms with Gasteiger partial charge in [-0.1, -0.05) is 23.2 Å². The highest BCUT2D eigenvalue weighted by Gasteiger charge is 2.21. The van der Waals surface area contributed by atoms with Gasteiger partial charge >= 0.3 is 5.97 Å². The van der Waals surface area contributed by atoms with E-state index in [1.165, 1.54) is 6.07 Å². The number of aliphatic hydroxyl groups excluding tert-OH is 1. The van der Waals surface area contributed by atoms with E-state index in [9.17, 15) is 9.90 Å². The van der Waals surface area contributed by atoms with Gasteiger partial charge in [0.25, 0.3) is 0 Å². The van der Waals surface area contributed by atoms with E-state index in [-0.39, 0.29) is 15.6 Å². The van der Waals surface area contributed by atoms with Crippen LogP contribution in [-0.2, 0) is 4.79 Å². The van der Waals surface area contributed by atoms with Crippen molar-refractivity contribution >= 4 is 29.2 Å². The van der Waals surface area contributed by atoms with Crippen LogP contribution in [0.5, 0.6) is 5.75 Å². The average molecular weight is 237 g/mol. The Morgan fingerprint density at radius 3 is 2.43 bits per heavy atom. The number of aromatic hydroxyl groups is 1. The number of aliphatic carboxylic acids is 1. The van der Waals surface area contributed by atoms with Gasteiger partial charge in [0, 0.05) is 10.6 Å². The largest absolute Gasteiger partial charge is 0.506 e. The molecule has 0 heterocycles. The summed E-state index contributed by atoms with van der Waals surface area (Å²) in [6.07, 6.45) is -1.84. The molecule has 0 spiro atoms. The van der Waals surface area contributed by atoms with Crippen molar-refractivity contribution in [2.24, 2.45) is 0 Å². The second-order valence-corrected chi connectivity index (χ2v) is 3.41. The highest BCUT2D eigenvalue weighted by Crippen LogP contribution is 2.34. The van der Waals surface area contributed by atoms with Crippen molar-refractivity contribution in [3.63, 3.8) is 0 Å². The predicted octanol–water partition coefficient (Wildman–Crippen LogP) is 1.82. The van der Waals surface area contributed by atoms with Gasteiger partial charge in [-0.15, -0.1) is 0 Å². The van der Waals surface area contributed by atoms with Crippen LogP contribution < -0.4 is 0 Å². The molecule has 76 valence electrons. The maximum absolute atomic E-state index is 10.4. The van der Waals surface area contributed by atoms with Gasteiger partial charge in [0.2, 0.25) is 0 Å². The van der Waals surface area contributed by atoms with Crippen LogP contribution in [0.25, 0.3) is 0 Å². The first kappa shape index (κ1) is 11.1. The normalized spacial score (nSPS) is 12.5. The van der Waals surface area contributed by atoms with E-state index >= 15 is 0 Å². The zero-order valence-electron chi connectivity index (χ0n) is 6.74. The molecule has 1 atom stereocenters. The van der Waals surface area contributed by atoms with E-state index < -0.39 is 17.8 Å². The topological polar surface area (TPSA) is 77.8 Å². The molecule has 0 aliphatic carbocycles. The van der Waals surface area contributed by atoms with Gasteiger partial charge in [0.1, 0.15) is 5.75 Å². The number of phenolic OH excluding ortho intramolecular Hbond substituents is 1. The number of hydrogen-bond acceptors (Lipinski definition) is 3. The van der Waals surface area contributed by atoms with Crippen molar-refractivity contribution in [1.29, 1.82) is 0 Å². The molecule has 6 heteroatoms. The van der Waals surface area contributed by atoms with Crippen LogP contribution in [0.15, 0.2) is 12.1 Å². The molecule has 1 rings (SSSR count). The van der Waals surface area contributed by atoms with E-state index in [0.29, 0.717) is 0 Å². The fourth-order valence-corrected chi connectivity index (χ4v) is 1.44. The molecule has 0 saturated carbocycles. The Bertz CT molecular complexity index is 378. The van der Waals surface area contributed by atoms with Gasteiger partial charge < -0.3 is 15.3 Å². The van der Waals surface area contributed by atoms with E-state index in [2.05, 4.69) is 0 Å². The van der Waals surface area contributed by atoms with Gasteiger partial charge in [-0.2, -0.15) is 0 Å². The molecule has 0 fully saturated rings. The first-order valence-corrected chi connectivity index (χ1v) is 4.28. The van der Waals surface area contributed by atoms with E-state index in [4.69, 9.17) is 33.4 Å². The minimum absolute atomic E-state index is 0.104. The van der Waals surface area contributed by atoms with Crippen molar-refractivity contribution in [3.8, 4) is 5.75 Å². The molecule has 0 saturated heterocycles. The summed E-state index contributed by atoms with van der Waals surface area (Å²) in [7, 11) is 0. The summed E-state index contributed by atoms with van der Waals surface area (Å²) < 4.78 is 0. The third-order valence-electron chi connectivity index (χ3n) is 1.59. The Morgan fingerprint density at radius 2 is 1.93 bits per heavy atom. The van der Waals surface area contributed by atoms with Gasteiger partial charge in [0.05, 0.1) is 5.02 Å². The molecule has 0 aromatic heterocycles. The zero-order chi connectivity index (χ0) is 10.9. The molecule has 14 heavy (non-hydrogen) atoms. The minimum atomic E-state index is -1.84. The number of rotatable bonds is 2. The lowest BCUT2D eigenvalue weighted by Gasteiger charge is -2.09. The van der Waals surface area contributed by atoms with Crippen molar-refractivity contribution in [3.05, 3.63) is 27.7 Å². The Kier molecular flexibility index (Phi) is 3.21. The number of aliphatic hydroxyl groups is 1. The fraction of sp³-hybridized carbons (Fsp3) is 0.125. The van der Waals surface area contributed by atoms with Crippen LogP contribution >= 0.6 is 23.2 Å². The maximum atomic E-state index is 10.4. The molecule has 0 aliphatic rings. The highest BCUT2D eigenvalue weighted by atomic mass is 35.5. The predicted molar refractivity (Wildman–Crippen MR) is 50.7 cm³/mol. The average Bonchev–Trinajstić information content (AvgIpc) is 2.09. The van der Waals surface area contributed by atoms with E-state index in [1.54, 1.807) is 0 Å². The van der Waals surface area contributed by atoms with Crippen LogP contribution in [0, 0.1) is 0 Å². The SMILES string of the molecule is O=C(O)C(O)c1cc(Cl)cc(Cl)c1O. The number of phenols is 1. The quantitative estimate of drug-likeness (QED) is 0.732. The number of carbonyl (C=O) groups is 1. The van der Waals surface area contributed by atoms with Crippen molar-refractivity contribution in [2.45, 2.75) is 6.10 Å². The molecule has 0 aliphatic heterocycles. The molecular formula is C8H6Cl2O4. The molecule has 0 radical (unpaired) electrons. The first-order chi connectivity index (χ1) is 6.43. The van der Waals surface area contributed by atoms with Crippen LogP contribution in [0.1, 0.15) is 11.7 Å². The fourth-order valence-electron chi connectivity index (χ4n) is 0.927. The minimum Gasteiger partial charge on any atom is -0.506 e. The monoisotopic (exact) mass is 236 g/mol. The third-order valence-corrected chi connectivity index (χ3v) is 2.09. The zero-order valence-corrected chi connectivity index (χ0v) is 8.25. The lowest BCUT2D eigenvalue weighted by molar-refractivity contribution is -0.147. The van der Waals surface area contributed by atoms with Gasteiger partial charge in [-0.25, -0.2) is 4.79 Å². The highest BCUT2D eigenvalue weighted by molar-refractivity contribution is 6.35. The third kappa shape index (κ3) is 2.09. The summed E-state index contributed by atoms with van der Waals surface area (Å²) in [6.45, 7) is 0. The summed E-state index contributed by atoms with van der Waals surface area (Å²) in [6, 6.07) is 2.39. The van der Waals surface area contributed by atoms with Gasteiger partial charge in [-0.05, 0) is 12.1 Å². The molecule has 0 bridgehead atoms. The molecule has 1 aromatic carbocycles. The Balaban J connectivity index is 3.26. The van der Waals surface area contributed by atoms with Gasteiger partial charge in [-0.3, -0.25) is 0 Å². The second-order valence-electron chi connectivity index (χ2n) is 2.57. The number of carboxylic acid groups (broad SMARTS) is 1. The lowest BCUT2D eigenvalue weighted by atomic mass is 10.1. The summed E-state index contributed by atoms with van der Waals surface area (Å²) in [5.74, 6) is -1.97. The number of benzene rings is 1. The first-order valence-electron chi connectivity index (χ1n) is 3.52. The summed E-state index contributed by atoms with van der Waals surface area (Å²) >= 11 is 11.1. The molecular weight excluding hydrogens is 231 g/mol. The van der Waals surface area contributed by atoms with E-state index in [1.807, 2.05) is 0 Å². The molecule has 1 unspecified atom stereocenters. The maximum Gasteiger partial charge on any atom is 0.337 e.